The molecule has 2 aliphatic rings. The number of piperidine rings is 1. The molecule has 0 atom stereocenters. The Morgan fingerprint density at radius 1 is 1.03 bits per heavy atom. The first-order chi connectivity index (χ1) is 15.8. The molecule has 0 spiro atoms. The summed E-state index contributed by atoms with van der Waals surface area (Å²) in [6.07, 6.45) is 3.94. The van der Waals surface area contributed by atoms with Crippen molar-refractivity contribution in [3.8, 4) is 0 Å². The smallest absolute Gasteiger partial charge is 0.253 e. The molecule has 33 heavy (non-hydrogen) atoms. The fraction of sp³-hybridized carbons (Fsp3) is 0.480. The zero-order valence-corrected chi connectivity index (χ0v) is 19.8. The first kappa shape index (κ1) is 23.9. The summed E-state index contributed by atoms with van der Waals surface area (Å²) in [4.78, 5) is 14.4. The SMILES string of the molecule is Cc1ccc(CCC2CCN(C(=O)c3ccc(F)c(S(=O)(=O)N4CCOCC4)c3)CC2)cc1. The molecule has 2 saturated heterocycles. The Bertz CT molecular complexity index is 1070. The molecule has 4 rings (SSSR count). The Kier molecular flexibility index (Phi) is 7.46. The third-order valence-electron chi connectivity index (χ3n) is 6.63. The number of morpholine rings is 1. The Hall–Kier alpha value is -2.29. The number of hydrogen-bond acceptors (Lipinski definition) is 4. The lowest BCUT2D eigenvalue weighted by molar-refractivity contribution is 0.0686. The van der Waals surface area contributed by atoms with Crippen molar-refractivity contribution in [2.45, 2.75) is 37.5 Å². The number of halogens is 1. The van der Waals surface area contributed by atoms with Gasteiger partial charge in [-0.2, -0.15) is 4.31 Å². The van der Waals surface area contributed by atoms with Crippen LogP contribution in [0.1, 0.15) is 40.7 Å². The van der Waals surface area contributed by atoms with Crippen molar-refractivity contribution in [3.05, 3.63) is 65.0 Å². The minimum atomic E-state index is -4.02. The van der Waals surface area contributed by atoms with Gasteiger partial charge < -0.3 is 9.64 Å². The fourth-order valence-electron chi connectivity index (χ4n) is 4.49. The number of rotatable bonds is 6. The Balaban J connectivity index is 1.37. The third-order valence-corrected chi connectivity index (χ3v) is 8.54. The minimum Gasteiger partial charge on any atom is -0.379 e. The lowest BCUT2D eigenvalue weighted by Crippen LogP contribution is -2.41. The molecule has 0 aliphatic carbocycles. The summed E-state index contributed by atoms with van der Waals surface area (Å²) in [6, 6.07) is 12.2. The molecule has 2 aromatic rings. The van der Waals surface area contributed by atoms with Gasteiger partial charge in [0.05, 0.1) is 13.2 Å². The predicted molar refractivity (Wildman–Crippen MR) is 124 cm³/mol. The van der Waals surface area contributed by atoms with Crippen molar-refractivity contribution in [2.75, 3.05) is 39.4 Å². The van der Waals surface area contributed by atoms with Crippen molar-refractivity contribution in [3.63, 3.8) is 0 Å². The average Bonchev–Trinajstić information content (AvgIpc) is 2.84. The van der Waals surface area contributed by atoms with Crippen molar-refractivity contribution >= 4 is 15.9 Å². The maximum absolute atomic E-state index is 14.5. The largest absolute Gasteiger partial charge is 0.379 e. The van der Waals surface area contributed by atoms with E-state index in [1.54, 1.807) is 4.90 Å². The molecule has 6 nitrogen and oxygen atoms in total. The van der Waals surface area contributed by atoms with Crippen LogP contribution in [-0.2, 0) is 21.2 Å². The zero-order valence-electron chi connectivity index (χ0n) is 19.0. The second kappa shape index (κ2) is 10.3. The van der Waals surface area contributed by atoms with Crippen LogP contribution in [0.3, 0.4) is 0 Å². The van der Waals surface area contributed by atoms with E-state index in [-0.39, 0.29) is 37.8 Å². The van der Waals surface area contributed by atoms with Crippen LogP contribution in [0.4, 0.5) is 4.39 Å². The molecular weight excluding hydrogens is 443 g/mol. The second-order valence-electron chi connectivity index (χ2n) is 8.92. The third kappa shape index (κ3) is 5.62. The molecular formula is C25H31FN2O4S. The van der Waals surface area contributed by atoms with Crippen LogP contribution in [0.2, 0.25) is 0 Å². The molecule has 2 aromatic carbocycles. The summed E-state index contributed by atoms with van der Waals surface area (Å²) in [7, 11) is -4.02. The summed E-state index contributed by atoms with van der Waals surface area (Å²) in [5, 5.41) is 0. The van der Waals surface area contributed by atoms with Gasteiger partial charge in [-0.25, -0.2) is 12.8 Å². The van der Waals surface area contributed by atoms with Crippen LogP contribution in [0, 0.1) is 18.7 Å². The molecule has 0 N–H and O–H groups in total. The summed E-state index contributed by atoms with van der Waals surface area (Å²) in [5.74, 6) is -0.529. The number of benzene rings is 2. The van der Waals surface area contributed by atoms with Crippen molar-refractivity contribution in [2.24, 2.45) is 5.92 Å². The molecule has 0 aromatic heterocycles. The van der Waals surface area contributed by atoms with Gasteiger partial charge in [0, 0.05) is 31.7 Å². The van der Waals surface area contributed by atoms with Crippen LogP contribution in [0.15, 0.2) is 47.4 Å². The van der Waals surface area contributed by atoms with E-state index in [1.807, 2.05) is 0 Å². The van der Waals surface area contributed by atoms with Crippen LogP contribution >= 0.6 is 0 Å². The molecule has 2 heterocycles. The number of likely N-dealkylation sites (tertiary alicyclic amines) is 1. The zero-order chi connectivity index (χ0) is 23.4. The van der Waals surface area contributed by atoms with E-state index in [9.17, 15) is 17.6 Å². The average molecular weight is 475 g/mol. The number of sulfonamides is 1. The van der Waals surface area contributed by atoms with E-state index in [0.717, 1.165) is 31.7 Å². The molecule has 1 amide bonds. The second-order valence-corrected chi connectivity index (χ2v) is 10.8. The fourth-order valence-corrected chi connectivity index (χ4v) is 5.99. The van der Waals surface area contributed by atoms with Gasteiger partial charge in [-0.15, -0.1) is 0 Å². The van der Waals surface area contributed by atoms with Gasteiger partial charge >= 0.3 is 0 Å². The van der Waals surface area contributed by atoms with Gasteiger partial charge in [-0.1, -0.05) is 29.8 Å². The first-order valence-corrected chi connectivity index (χ1v) is 13.0. The lowest BCUT2D eigenvalue weighted by atomic mass is 9.90. The predicted octanol–water partition coefficient (Wildman–Crippen LogP) is 3.64. The summed E-state index contributed by atoms with van der Waals surface area (Å²) >= 11 is 0. The Morgan fingerprint density at radius 3 is 2.36 bits per heavy atom. The topological polar surface area (TPSA) is 66.9 Å². The lowest BCUT2D eigenvalue weighted by Gasteiger charge is -2.32. The number of carbonyl (C=O) groups excluding carboxylic acids is 1. The molecule has 2 fully saturated rings. The van der Waals surface area contributed by atoms with Crippen molar-refractivity contribution in [1.29, 1.82) is 0 Å². The van der Waals surface area contributed by atoms with Crippen LogP contribution in [0.5, 0.6) is 0 Å². The van der Waals surface area contributed by atoms with E-state index >= 15 is 0 Å². The van der Waals surface area contributed by atoms with Gasteiger partial charge in [0.2, 0.25) is 10.0 Å². The highest BCUT2D eigenvalue weighted by atomic mass is 32.2. The number of carbonyl (C=O) groups is 1. The van der Waals surface area contributed by atoms with Crippen molar-refractivity contribution in [1.82, 2.24) is 9.21 Å². The van der Waals surface area contributed by atoms with E-state index in [0.29, 0.717) is 19.0 Å². The molecule has 0 saturated carbocycles. The van der Waals surface area contributed by atoms with Crippen molar-refractivity contribution < 1.29 is 22.3 Å². The maximum atomic E-state index is 14.5. The number of hydrogen-bond donors (Lipinski definition) is 0. The standard InChI is InChI=1S/C25H31FN2O4S/c1-19-2-4-20(5-3-19)6-7-21-10-12-27(13-11-21)25(29)22-8-9-23(26)24(18-22)33(30,31)28-14-16-32-17-15-28/h2-5,8-9,18,21H,6-7,10-17H2,1H3. The highest BCUT2D eigenvalue weighted by Crippen LogP contribution is 2.26. The number of aryl methyl sites for hydroxylation is 2. The first-order valence-electron chi connectivity index (χ1n) is 11.6. The minimum absolute atomic E-state index is 0.177. The van der Waals surface area contributed by atoms with Gasteiger partial charge in [-0.05, 0) is 62.3 Å². The Labute approximate surface area is 195 Å². The van der Waals surface area contributed by atoms with Gasteiger partial charge in [0.1, 0.15) is 10.7 Å². The molecule has 8 heteroatoms. The molecule has 2 aliphatic heterocycles. The van der Waals surface area contributed by atoms with E-state index in [1.165, 1.54) is 27.6 Å². The molecule has 0 bridgehead atoms. The summed E-state index contributed by atoms with van der Waals surface area (Å²) in [5.41, 5.74) is 2.80. The van der Waals surface area contributed by atoms with Crippen LogP contribution < -0.4 is 0 Å². The monoisotopic (exact) mass is 474 g/mol. The number of amides is 1. The summed E-state index contributed by atoms with van der Waals surface area (Å²) < 4.78 is 46.7. The number of ether oxygens (including phenoxy) is 1. The number of nitrogens with zero attached hydrogens (tertiary/aromatic N) is 2. The highest BCUT2D eigenvalue weighted by Gasteiger charge is 2.31. The van der Waals surface area contributed by atoms with Gasteiger partial charge in [0.15, 0.2) is 0 Å². The molecule has 0 radical (unpaired) electrons. The van der Waals surface area contributed by atoms with Gasteiger partial charge in [0.25, 0.3) is 5.91 Å². The molecule has 0 unspecified atom stereocenters. The Morgan fingerprint density at radius 2 is 1.70 bits per heavy atom. The van der Waals surface area contributed by atoms with E-state index in [2.05, 4.69) is 31.2 Å². The molecule has 178 valence electrons. The van der Waals surface area contributed by atoms with E-state index in [4.69, 9.17) is 4.74 Å². The quantitative estimate of drug-likeness (QED) is 0.641. The highest BCUT2D eigenvalue weighted by molar-refractivity contribution is 7.89. The van der Waals surface area contributed by atoms with Crippen LogP contribution in [-0.4, -0.2) is 62.9 Å². The van der Waals surface area contributed by atoms with E-state index < -0.39 is 20.7 Å². The van der Waals surface area contributed by atoms with Gasteiger partial charge in [-0.3, -0.25) is 4.79 Å². The maximum Gasteiger partial charge on any atom is 0.253 e. The summed E-state index contributed by atoms with van der Waals surface area (Å²) in [6.45, 7) is 4.24. The normalized spacial score (nSPS) is 18.4. The van der Waals surface area contributed by atoms with Crippen LogP contribution in [0.25, 0.3) is 0 Å².